The van der Waals surface area contributed by atoms with Crippen LogP contribution in [0.3, 0.4) is 0 Å². The van der Waals surface area contributed by atoms with Crippen LogP contribution in [0.2, 0.25) is 0 Å². The average molecular weight is 292 g/mol. The van der Waals surface area contributed by atoms with Crippen molar-refractivity contribution in [3.05, 3.63) is 39.0 Å². The van der Waals surface area contributed by atoms with Gasteiger partial charge in [-0.2, -0.15) is 0 Å². The molecule has 2 aromatic heterocycles. The summed E-state index contributed by atoms with van der Waals surface area (Å²) in [6, 6.07) is 1.98. The number of hydrogen-bond acceptors (Lipinski definition) is 5. The van der Waals surface area contributed by atoms with Gasteiger partial charge in [0.1, 0.15) is 15.8 Å². The Morgan fingerprint density at radius 1 is 1.32 bits per heavy atom. The summed E-state index contributed by atoms with van der Waals surface area (Å²) in [4.78, 5) is 9.25. The lowest BCUT2D eigenvalue weighted by Crippen LogP contribution is -2.16. The lowest BCUT2D eigenvalue weighted by atomic mass is 10.1. The second-order valence-corrected chi connectivity index (χ2v) is 5.79. The predicted octanol–water partition coefficient (Wildman–Crippen LogP) is 2.71. The van der Waals surface area contributed by atoms with E-state index in [1.807, 2.05) is 32.2 Å². The molecule has 2 rings (SSSR count). The molecular weight excluding hydrogens is 276 g/mol. The van der Waals surface area contributed by atoms with Crippen LogP contribution in [0.4, 0.5) is 5.82 Å². The number of nitrogens with two attached hydrogens (primary N) is 1. The Balaban J connectivity index is 2.26. The maximum atomic E-state index is 5.78. The number of hydrogen-bond donors (Lipinski definition) is 2. The summed E-state index contributed by atoms with van der Waals surface area (Å²) >= 11 is 6.73. The minimum absolute atomic E-state index is 0.364. The molecule has 0 atom stereocenters. The third-order valence-electron chi connectivity index (χ3n) is 2.66. The van der Waals surface area contributed by atoms with E-state index in [0.717, 1.165) is 33.3 Å². The van der Waals surface area contributed by atoms with Gasteiger partial charge in [-0.25, -0.2) is 9.97 Å². The number of nitrogens with zero attached hydrogens (tertiary/aromatic N) is 2. The molecule has 0 saturated carbocycles. The van der Waals surface area contributed by atoms with Gasteiger partial charge in [0.25, 0.3) is 0 Å². The number of thiazole rings is 1. The molecule has 0 saturated heterocycles. The number of thiocarbonyl (C=S) groups is 1. The highest BCUT2D eigenvalue weighted by molar-refractivity contribution is 7.80. The molecular formula is C13H16N4S2. The van der Waals surface area contributed by atoms with Crippen LogP contribution in [0.1, 0.15) is 27.5 Å². The smallest absolute Gasteiger partial charge is 0.137 e. The fourth-order valence-corrected chi connectivity index (χ4v) is 2.89. The normalized spacial score (nSPS) is 10.5. The lowest BCUT2D eigenvalue weighted by molar-refractivity contribution is 1.04. The first-order chi connectivity index (χ1) is 8.97. The van der Waals surface area contributed by atoms with Crippen molar-refractivity contribution < 1.29 is 0 Å². The molecule has 6 heteroatoms. The minimum Gasteiger partial charge on any atom is -0.389 e. The molecule has 0 aliphatic rings. The predicted molar refractivity (Wildman–Crippen MR) is 83.8 cm³/mol. The quantitative estimate of drug-likeness (QED) is 0.848. The summed E-state index contributed by atoms with van der Waals surface area (Å²) < 4.78 is 0. The molecule has 0 aliphatic heterocycles. The first kappa shape index (κ1) is 13.9. The van der Waals surface area contributed by atoms with Crippen molar-refractivity contribution in [1.82, 2.24) is 9.97 Å². The Morgan fingerprint density at radius 2 is 2.05 bits per heavy atom. The number of nitrogens with one attached hydrogen (secondary N) is 1. The van der Waals surface area contributed by atoms with Crippen molar-refractivity contribution in [3.63, 3.8) is 0 Å². The number of pyridine rings is 1. The van der Waals surface area contributed by atoms with Crippen molar-refractivity contribution in [2.45, 2.75) is 27.3 Å². The van der Waals surface area contributed by atoms with Crippen molar-refractivity contribution in [2.24, 2.45) is 5.73 Å². The van der Waals surface area contributed by atoms with Crippen LogP contribution in [0, 0.1) is 20.8 Å². The summed E-state index contributed by atoms with van der Waals surface area (Å²) in [7, 11) is 0. The molecule has 0 radical (unpaired) electrons. The van der Waals surface area contributed by atoms with E-state index in [0.29, 0.717) is 11.5 Å². The molecule has 0 fully saturated rings. The second kappa shape index (κ2) is 5.63. The standard InChI is InChI=1S/C13H16N4S2/c1-7-4-8(2)17-13(11(7)12(14)18)15-5-10-16-9(3)6-19-10/h4,6H,5H2,1-3H3,(H2,14,18)(H,15,17). The molecule has 3 N–H and O–H groups in total. The van der Waals surface area contributed by atoms with Gasteiger partial charge in [-0.05, 0) is 32.4 Å². The molecule has 0 aromatic carbocycles. The number of aryl methyl sites for hydroxylation is 3. The molecule has 0 spiro atoms. The van der Waals surface area contributed by atoms with E-state index in [4.69, 9.17) is 18.0 Å². The van der Waals surface area contributed by atoms with E-state index in [2.05, 4.69) is 15.3 Å². The molecule has 0 bridgehead atoms. The van der Waals surface area contributed by atoms with Gasteiger partial charge in [0.15, 0.2) is 0 Å². The van der Waals surface area contributed by atoms with E-state index in [9.17, 15) is 0 Å². The van der Waals surface area contributed by atoms with Crippen LogP contribution in [0.15, 0.2) is 11.4 Å². The van der Waals surface area contributed by atoms with Crippen molar-refractivity contribution in [2.75, 3.05) is 5.32 Å². The maximum absolute atomic E-state index is 5.78. The van der Waals surface area contributed by atoms with Gasteiger partial charge < -0.3 is 11.1 Å². The lowest BCUT2D eigenvalue weighted by Gasteiger charge is -2.13. The molecule has 2 heterocycles. The molecule has 0 amide bonds. The Bertz CT molecular complexity index is 619. The number of rotatable bonds is 4. The van der Waals surface area contributed by atoms with E-state index >= 15 is 0 Å². The monoisotopic (exact) mass is 292 g/mol. The van der Waals surface area contributed by atoms with Crippen LogP contribution in [0.25, 0.3) is 0 Å². The third kappa shape index (κ3) is 3.27. The zero-order valence-corrected chi connectivity index (χ0v) is 12.8. The highest BCUT2D eigenvalue weighted by Gasteiger charge is 2.11. The highest BCUT2D eigenvalue weighted by atomic mass is 32.1. The van der Waals surface area contributed by atoms with Crippen LogP contribution in [-0.2, 0) is 6.54 Å². The van der Waals surface area contributed by atoms with Gasteiger partial charge in [0.2, 0.25) is 0 Å². The molecule has 19 heavy (non-hydrogen) atoms. The summed E-state index contributed by atoms with van der Waals surface area (Å²) in [5, 5.41) is 6.32. The van der Waals surface area contributed by atoms with Crippen LogP contribution in [0.5, 0.6) is 0 Å². The topological polar surface area (TPSA) is 63.8 Å². The van der Waals surface area contributed by atoms with Crippen molar-refractivity contribution in [1.29, 1.82) is 0 Å². The van der Waals surface area contributed by atoms with Gasteiger partial charge in [-0.3, -0.25) is 0 Å². The molecule has 2 aromatic rings. The largest absolute Gasteiger partial charge is 0.389 e. The molecule has 0 aliphatic carbocycles. The summed E-state index contributed by atoms with van der Waals surface area (Å²) in [5.41, 5.74) is 9.60. The average Bonchev–Trinajstić information content (AvgIpc) is 2.71. The maximum Gasteiger partial charge on any atom is 0.137 e. The number of aromatic nitrogens is 2. The molecule has 4 nitrogen and oxygen atoms in total. The van der Waals surface area contributed by atoms with Crippen LogP contribution >= 0.6 is 23.6 Å². The van der Waals surface area contributed by atoms with Gasteiger partial charge in [0, 0.05) is 16.8 Å². The third-order valence-corrected chi connectivity index (χ3v) is 3.84. The zero-order chi connectivity index (χ0) is 14.0. The fourth-order valence-electron chi connectivity index (χ4n) is 1.92. The Morgan fingerprint density at radius 3 is 2.63 bits per heavy atom. The van der Waals surface area contributed by atoms with Gasteiger partial charge in [-0.15, -0.1) is 11.3 Å². The molecule has 100 valence electrons. The van der Waals surface area contributed by atoms with Crippen molar-refractivity contribution in [3.8, 4) is 0 Å². The summed E-state index contributed by atoms with van der Waals surface area (Å²) in [5.74, 6) is 0.734. The Labute approximate surface area is 122 Å². The minimum atomic E-state index is 0.364. The van der Waals surface area contributed by atoms with Gasteiger partial charge in [0.05, 0.1) is 12.1 Å². The molecule has 0 unspecified atom stereocenters. The van der Waals surface area contributed by atoms with Gasteiger partial charge >= 0.3 is 0 Å². The first-order valence-corrected chi connectivity index (χ1v) is 7.19. The first-order valence-electron chi connectivity index (χ1n) is 5.90. The highest BCUT2D eigenvalue weighted by Crippen LogP contribution is 2.20. The zero-order valence-electron chi connectivity index (χ0n) is 11.2. The van der Waals surface area contributed by atoms with Crippen molar-refractivity contribution >= 4 is 34.4 Å². The number of anilines is 1. The van der Waals surface area contributed by atoms with E-state index in [-0.39, 0.29) is 0 Å². The fraction of sp³-hybridized carbons (Fsp3) is 0.308. The Kier molecular flexibility index (Phi) is 4.11. The summed E-state index contributed by atoms with van der Waals surface area (Å²) in [6.07, 6.45) is 0. The van der Waals surface area contributed by atoms with E-state index in [1.165, 1.54) is 0 Å². The second-order valence-electron chi connectivity index (χ2n) is 4.40. The Hall–Kier alpha value is -1.53. The SMILES string of the molecule is Cc1csc(CNc2nc(C)cc(C)c2C(N)=S)n1. The van der Waals surface area contributed by atoms with Crippen LogP contribution in [-0.4, -0.2) is 15.0 Å². The van der Waals surface area contributed by atoms with E-state index < -0.39 is 0 Å². The summed E-state index contributed by atoms with van der Waals surface area (Å²) in [6.45, 7) is 6.55. The van der Waals surface area contributed by atoms with Crippen LogP contribution < -0.4 is 11.1 Å². The van der Waals surface area contributed by atoms with E-state index in [1.54, 1.807) is 11.3 Å². The van der Waals surface area contributed by atoms with Gasteiger partial charge in [-0.1, -0.05) is 12.2 Å².